The van der Waals surface area contributed by atoms with Crippen LogP contribution in [0.2, 0.25) is 0 Å². The largest absolute Gasteiger partial charge is 0.326 e. The fourth-order valence-electron chi connectivity index (χ4n) is 2.20. The van der Waals surface area contributed by atoms with Gasteiger partial charge in [-0.05, 0) is 31.0 Å². The van der Waals surface area contributed by atoms with E-state index in [2.05, 4.69) is 34.7 Å². The first kappa shape index (κ1) is 17.1. The van der Waals surface area contributed by atoms with E-state index in [1.54, 1.807) is 24.3 Å². The molecule has 1 aromatic carbocycles. The van der Waals surface area contributed by atoms with Crippen LogP contribution in [0, 0.1) is 0 Å². The SMILES string of the molecule is CCC(CC)c1nnc(NC(=O)c2cccc(NC(C)=O)c2)s1. The highest BCUT2D eigenvalue weighted by molar-refractivity contribution is 7.15. The number of carbonyl (C=O) groups is 2. The van der Waals surface area contributed by atoms with Crippen LogP contribution in [-0.2, 0) is 4.79 Å². The Labute approximate surface area is 139 Å². The number of anilines is 2. The van der Waals surface area contributed by atoms with Crippen LogP contribution >= 0.6 is 11.3 Å². The number of rotatable bonds is 6. The Balaban J connectivity index is 2.08. The van der Waals surface area contributed by atoms with Crippen molar-refractivity contribution in [2.45, 2.75) is 39.5 Å². The molecule has 0 bridgehead atoms. The molecule has 0 spiro atoms. The number of nitrogens with one attached hydrogen (secondary N) is 2. The maximum Gasteiger partial charge on any atom is 0.257 e. The van der Waals surface area contributed by atoms with E-state index in [1.807, 2.05) is 0 Å². The van der Waals surface area contributed by atoms with Crippen LogP contribution in [-0.4, -0.2) is 22.0 Å². The normalized spacial score (nSPS) is 10.6. The van der Waals surface area contributed by atoms with Crippen molar-refractivity contribution in [2.75, 3.05) is 10.6 Å². The van der Waals surface area contributed by atoms with Gasteiger partial charge in [0.15, 0.2) is 0 Å². The van der Waals surface area contributed by atoms with Crippen LogP contribution in [0.3, 0.4) is 0 Å². The highest BCUT2D eigenvalue weighted by atomic mass is 32.1. The van der Waals surface area contributed by atoms with Crippen molar-refractivity contribution in [3.63, 3.8) is 0 Å². The average molecular weight is 332 g/mol. The van der Waals surface area contributed by atoms with E-state index in [-0.39, 0.29) is 11.8 Å². The number of hydrogen-bond donors (Lipinski definition) is 2. The molecule has 6 nitrogen and oxygen atoms in total. The summed E-state index contributed by atoms with van der Waals surface area (Å²) in [6.07, 6.45) is 2.00. The quantitative estimate of drug-likeness (QED) is 0.845. The van der Waals surface area contributed by atoms with Gasteiger partial charge in [0, 0.05) is 24.1 Å². The van der Waals surface area contributed by atoms with Gasteiger partial charge in [-0.1, -0.05) is 31.3 Å². The molecule has 0 fully saturated rings. The fraction of sp³-hybridized carbons (Fsp3) is 0.375. The van der Waals surface area contributed by atoms with Gasteiger partial charge in [0.1, 0.15) is 5.01 Å². The Morgan fingerprint density at radius 1 is 1.17 bits per heavy atom. The zero-order valence-corrected chi connectivity index (χ0v) is 14.2. The van der Waals surface area contributed by atoms with Gasteiger partial charge >= 0.3 is 0 Å². The minimum Gasteiger partial charge on any atom is -0.326 e. The molecule has 0 aliphatic carbocycles. The van der Waals surface area contributed by atoms with Gasteiger partial charge in [-0.3, -0.25) is 14.9 Å². The van der Waals surface area contributed by atoms with E-state index >= 15 is 0 Å². The van der Waals surface area contributed by atoms with Crippen molar-refractivity contribution in [2.24, 2.45) is 0 Å². The van der Waals surface area contributed by atoms with Crippen molar-refractivity contribution >= 4 is 34.0 Å². The van der Waals surface area contributed by atoms with E-state index in [4.69, 9.17) is 0 Å². The molecule has 0 saturated carbocycles. The first-order valence-corrected chi connectivity index (χ1v) is 8.37. The molecular weight excluding hydrogens is 312 g/mol. The third-order valence-electron chi connectivity index (χ3n) is 3.44. The summed E-state index contributed by atoms with van der Waals surface area (Å²) in [5.41, 5.74) is 1.04. The highest BCUT2D eigenvalue weighted by Gasteiger charge is 2.15. The molecule has 2 N–H and O–H groups in total. The lowest BCUT2D eigenvalue weighted by Crippen LogP contribution is -2.13. The second-order valence-corrected chi connectivity index (χ2v) is 6.18. The van der Waals surface area contributed by atoms with Crippen molar-refractivity contribution in [1.29, 1.82) is 0 Å². The van der Waals surface area contributed by atoms with Crippen molar-refractivity contribution in [3.05, 3.63) is 34.8 Å². The summed E-state index contributed by atoms with van der Waals surface area (Å²) in [4.78, 5) is 23.4. The smallest absolute Gasteiger partial charge is 0.257 e. The third-order valence-corrected chi connectivity index (χ3v) is 4.44. The Hall–Kier alpha value is -2.28. The second kappa shape index (κ2) is 7.82. The van der Waals surface area contributed by atoms with Gasteiger partial charge in [-0.15, -0.1) is 10.2 Å². The van der Waals surface area contributed by atoms with E-state index in [1.165, 1.54) is 18.3 Å². The standard InChI is InChI=1S/C16H20N4O2S/c1-4-11(5-2)15-19-20-16(23-15)18-14(22)12-7-6-8-13(9-12)17-10(3)21/h6-9,11H,4-5H2,1-3H3,(H,17,21)(H,18,20,22). The molecule has 2 aromatic rings. The molecule has 0 radical (unpaired) electrons. The Bertz CT molecular complexity index is 695. The van der Waals surface area contributed by atoms with Gasteiger partial charge in [0.25, 0.3) is 5.91 Å². The predicted octanol–water partition coefficient (Wildman–Crippen LogP) is 3.65. The molecule has 2 rings (SSSR count). The van der Waals surface area contributed by atoms with Crippen LogP contribution in [0.5, 0.6) is 0 Å². The molecule has 0 saturated heterocycles. The summed E-state index contributed by atoms with van der Waals surface area (Å²) in [5.74, 6) is -0.0767. The average Bonchev–Trinajstić information content (AvgIpc) is 2.96. The maximum absolute atomic E-state index is 12.3. The predicted molar refractivity (Wildman–Crippen MR) is 91.9 cm³/mol. The van der Waals surface area contributed by atoms with E-state index in [0.717, 1.165) is 17.8 Å². The number of carbonyl (C=O) groups excluding carboxylic acids is 2. The summed E-state index contributed by atoms with van der Waals surface area (Å²) in [6.45, 7) is 5.65. The molecule has 0 aliphatic heterocycles. The van der Waals surface area contributed by atoms with E-state index < -0.39 is 0 Å². The van der Waals surface area contributed by atoms with Gasteiger partial charge in [-0.25, -0.2) is 0 Å². The highest BCUT2D eigenvalue weighted by Crippen LogP contribution is 2.28. The molecule has 7 heteroatoms. The summed E-state index contributed by atoms with van der Waals surface area (Å²) >= 11 is 1.40. The van der Waals surface area contributed by atoms with Crippen LogP contribution in [0.4, 0.5) is 10.8 Å². The Morgan fingerprint density at radius 2 is 1.91 bits per heavy atom. The van der Waals surface area contributed by atoms with Crippen LogP contribution in [0.1, 0.15) is 54.9 Å². The van der Waals surface area contributed by atoms with Gasteiger partial charge in [0.2, 0.25) is 11.0 Å². The lowest BCUT2D eigenvalue weighted by atomic mass is 10.1. The van der Waals surface area contributed by atoms with Crippen molar-refractivity contribution < 1.29 is 9.59 Å². The molecule has 0 unspecified atom stereocenters. The van der Waals surface area contributed by atoms with Gasteiger partial charge in [0.05, 0.1) is 0 Å². The van der Waals surface area contributed by atoms with E-state index in [0.29, 0.717) is 22.3 Å². The molecule has 122 valence electrons. The first-order chi connectivity index (χ1) is 11.0. The monoisotopic (exact) mass is 332 g/mol. The first-order valence-electron chi connectivity index (χ1n) is 7.55. The fourth-order valence-corrected chi connectivity index (χ4v) is 3.20. The molecule has 0 aliphatic rings. The topological polar surface area (TPSA) is 84.0 Å². The minimum atomic E-state index is -0.274. The molecular formula is C16H20N4O2S. The summed E-state index contributed by atoms with van der Waals surface area (Å²) in [5, 5.41) is 15.0. The molecule has 23 heavy (non-hydrogen) atoms. The lowest BCUT2D eigenvalue weighted by molar-refractivity contribution is -0.114. The number of amides is 2. The molecule has 1 aromatic heterocycles. The third kappa shape index (κ3) is 4.59. The summed E-state index contributed by atoms with van der Waals surface area (Å²) in [6, 6.07) is 6.76. The number of nitrogens with zero attached hydrogens (tertiary/aromatic N) is 2. The lowest BCUT2D eigenvalue weighted by Gasteiger charge is -2.06. The van der Waals surface area contributed by atoms with Gasteiger partial charge in [-0.2, -0.15) is 0 Å². The van der Waals surface area contributed by atoms with Crippen molar-refractivity contribution in [1.82, 2.24) is 10.2 Å². The van der Waals surface area contributed by atoms with Crippen LogP contribution < -0.4 is 10.6 Å². The van der Waals surface area contributed by atoms with Crippen LogP contribution in [0.25, 0.3) is 0 Å². The van der Waals surface area contributed by atoms with Crippen LogP contribution in [0.15, 0.2) is 24.3 Å². The number of aromatic nitrogens is 2. The molecule has 2 amide bonds. The zero-order valence-electron chi connectivity index (χ0n) is 13.4. The number of benzene rings is 1. The number of hydrogen-bond acceptors (Lipinski definition) is 5. The van der Waals surface area contributed by atoms with E-state index in [9.17, 15) is 9.59 Å². The summed E-state index contributed by atoms with van der Waals surface area (Å²) in [7, 11) is 0. The summed E-state index contributed by atoms with van der Waals surface area (Å²) < 4.78 is 0. The van der Waals surface area contributed by atoms with Crippen molar-refractivity contribution in [3.8, 4) is 0 Å². The zero-order chi connectivity index (χ0) is 16.8. The maximum atomic E-state index is 12.3. The Kier molecular flexibility index (Phi) is 5.81. The minimum absolute atomic E-state index is 0.179. The molecule has 0 atom stereocenters. The molecule has 1 heterocycles. The Morgan fingerprint density at radius 3 is 2.57 bits per heavy atom. The second-order valence-electron chi connectivity index (χ2n) is 5.17. The van der Waals surface area contributed by atoms with Gasteiger partial charge < -0.3 is 5.32 Å².